The zero-order valence-corrected chi connectivity index (χ0v) is 11.3. The van der Waals surface area contributed by atoms with E-state index < -0.39 is 23.2 Å². The fourth-order valence-corrected chi connectivity index (χ4v) is 2.57. The largest absolute Gasteiger partial charge is 0.468 e. The van der Waals surface area contributed by atoms with E-state index in [0.29, 0.717) is 18.5 Å². The molecule has 1 N–H and O–H groups in total. The molecule has 1 aliphatic rings. The van der Waals surface area contributed by atoms with Crippen molar-refractivity contribution in [2.75, 3.05) is 13.7 Å². The van der Waals surface area contributed by atoms with Gasteiger partial charge in [-0.3, -0.25) is 4.79 Å². The van der Waals surface area contributed by atoms with Crippen LogP contribution in [0.3, 0.4) is 0 Å². The van der Waals surface area contributed by atoms with Gasteiger partial charge >= 0.3 is 12.1 Å². The monoisotopic (exact) mass is 287 g/mol. The van der Waals surface area contributed by atoms with Gasteiger partial charge in [-0.2, -0.15) is 13.2 Å². The number of hydrogen-bond acceptors (Lipinski definition) is 3. The average Bonchev–Trinajstić information content (AvgIpc) is 2.81. The van der Waals surface area contributed by atoms with Gasteiger partial charge in [-0.1, -0.05) is 18.2 Å². The van der Waals surface area contributed by atoms with Gasteiger partial charge in [0.05, 0.1) is 12.7 Å². The van der Waals surface area contributed by atoms with Crippen LogP contribution in [0.1, 0.15) is 30.4 Å². The molecule has 1 saturated heterocycles. The van der Waals surface area contributed by atoms with E-state index >= 15 is 0 Å². The van der Waals surface area contributed by atoms with Crippen molar-refractivity contribution in [1.82, 2.24) is 5.32 Å². The van der Waals surface area contributed by atoms with Crippen LogP contribution in [0, 0.1) is 0 Å². The van der Waals surface area contributed by atoms with Crippen LogP contribution in [-0.4, -0.2) is 25.2 Å². The number of halogens is 3. The molecule has 0 bridgehead atoms. The summed E-state index contributed by atoms with van der Waals surface area (Å²) < 4.78 is 42.8. The highest BCUT2D eigenvalue weighted by atomic mass is 19.4. The standard InChI is InChI=1S/C14H16F3NO2/c1-13(12(19)20-2)7-10(8-18-13)9-4-3-5-11(6-9)14(15,16)17/h3-6,10,18H,7-8H2,1-2H3. The molecule has 0 amide bonds. The number of carbonyl (C=O) groups is 1. The Labute approximate surface area is 115 Å². The Bertz CT molecular complexity index is 515. The van der Waals surface area contributed by atoms with Gasteiger partial charge in [-0.25, -0.2) is 0 Å². The lowest BCUT2D eigenvalue weighted by Gasteiger charge is -2.21. The molecule has 2 rings (SSSR count). The molecule has 1 aromatic rings. The molecule has 1 aromatic carbocycles. The predicted molar refractivity (Wildman–Crippen MR) is 67.2 cm³/mol. The van der Waals surface area contributed by atoms with Gasteiger partial charge in [0.25, 0.3) is 0 Å². The van der Waals surface area contributed by atoms with Gasteiger partial charge in [0.2, 0.25) is 0 Å². The van der Waals surface area contributed by atoms with Crippen molar-refractivity contribution < 1.29 is 22.7 Å². The number of esters is 1. The van der Waals surface area contributed by atoms with Crippen LogP contribution in [0.5, 0.6) is 0 Å². The number of benzene rings is 1. The van der Waals surface area contributed by atoms with Crippen molar-refractivity contribution in [3.05, 3.63) is 35.4 Å². The van der Waals surface area contributed by atoms with Gasteiger partial charge < -0.3 is 10.1 Å². The number of alkyl halides is 3. The van der Waals surface area contributed by atoms with Gasteiger partial charge in [-0.05, 0) is 30.9 Å². The maximum absolute atomic E-state index is 12.7. The number of ether oxygens (including phenoxy) is 1. The number of carbonyl (C=O) groups excluding carboxylic acids is 1. The Balaban J connectivity index is 2.21. The molecule has 0 aliphatic carbocycles. The van der Waals surface area contributed by atoms with E-state index in [4.69, 9.17) is 4.74 Å². The summed E-state index contributed by atoms with van der Waals surface area (Å²) in [7, 11) is 1.30. The predicted octanol–water partition coefficient (Wildman–Crippen LogP) is 2.71. The Morgan fingerprint density at radius 2 is 2.15 bits per heavy atom. The Morgan fingerprint density at radius 1 is 1.45 bits per heavy atom. The third-order valence-electron chi connectivity index (χ3n) is 3.71. The summed E-state index contributed by atoms with van der Waals surface area (Å²) >= 11 is 0. The maximum atomic E-state index is 12.7. The molecule has 1 fully saturated rings. The Morgan fingerprint density at radius 3 is 2.75 bits per heavy atom. The number of nitrogens with one attached hydrogen (secondary N) is 1. The van der Waals surface area contributed by atoms with E-state index in [1.165, 1.54) is 13.2 Å². The molecule has 20 heavy (non-hydrogen) atoms. The Hall–Kier alpha value is -1.56. The lowest BCUT2D eigenvalue weighted by molar-refractivity contribution is -0.147. The van der Waals surface area contributed by atoms with Crippen molar-refractivity contribution in [2.45, 2.75) is 31.0 Å². The smallest absolute Gasteiger partial charge is 0.416 e. The van der Waals surface area contributed by atoms with Gasteiger partial charge in [-0.15, -0.1) is 0 Å². The highest BCUT2D eigenvalue weighted by Gasteiger charge is 2.42. The fourth-order valence-electron chi connectivity index (χ4n) is 2.57. The molecule has 3 nitrogen and oxygen atoms in total. The lowest BCUT2D eigenvalue weighted by atomic mass is 9.89. The minimum atomic E-state index is -4.35. The molecule has 1 heterocycles. The summed E-state index contributed by atoms with van der Waals surface area (Å²) in [5, 5.41) is 3.03. The van der Waals surface area contributed by atoms with Crippen molar-refractivity contribution in [2.24, 2.45) is 0 Å². The minimum Gasteiger partial charge on any atom is -0.468 e. The van der Waals surface area contributed by atoms with Crippen LogP contribution >= 0.6 is 0 Å². The van der Waals surface area contributed by atoms with Crippen molar-refractivity contribution in [3.8, 4) is 0 Å². The third-order valence-corrected chi connectivity index (χ3v) is 3.71. The molecular weight excluding hydrogens is 271 g/mol. The first-order valence-electron chi connectivity index (χ1n) is 6.27. The van der Waals surface area contributed by atoms with Gasteiger partial charge in [0.15, 0.2) is 0 Å². The Kier molecular flexibility index (Phi) is 3.77. The van der Waals surface area contributed by atoms with Crippen LogP contribution in [0.4, 0.5) is 13.2 Å². The van der Waals surface area contributed by atoms with Crippen LogP contribution in [-0.2, 0) is 15.7 Å². The van der Waals surface area contributed by atoms with Gasteiger partial charge in [0.1, 0.15) is 5.54 Å². The molecule has 0 saturated carbocycles. The van der Waals surface area contributed by atoms with Crippen LogP contribution in [0.2, 0.25) is 0 Å². The third kappa shape index (κ3) is 2.80. The molecular formula is C14H16F3NO2. The zero-order chi connectivity index (χ0) is 15.0. The van der Waals surface area contributed by atoms with E-state index in [1.54, 1.807) is 13.0 Å². The number of hydrogen-bond donors (Lipinski definition) is 1. The molecule has 110 valence electrons. The SMILES string of the molecule is COC(=O)C1(C)CC(c2cccc(C(F)(F)F)c2)CN1. The van der Waals surface area contributed by atoms with E-state index in [9.17, 15) is 18.0 Å². The molecule has 6 heteroatoms. The quantitative estimate of drug-likeness (QED) is 0.850. The lowest BCUT2D eigenvalue weighted by Crippen LogP contribution is -2.45. The van der Waals surface area contributed by atoms with Crippen LogP contribution in [0.15, 0.2) is 24.3 Å². The van der Waals surface area contributed by atoms with Gasteiger partial charge in [0, 0.05) is 6.54 Å². The first-order chi connectivity index (χ1) is 9.26. The molecule has 0 radical (unpaired) electrons. The van der Waals surface area contributed by atoms with E-state index in [1.807, 2.05) is 0 Å². The van der Waals surface area contributed by atoms with Crippen LogP contribution < -0.4 is 5.32 Å². The fraction of sp³-hybridized carbons (Fsp3) is 0.500. The molecule has 2 atom stereocenters. The second-order valence-electron chi connectivity index (χ2n) is 5.23. The first-order valence-corrected chi connectivity index (χ1v) is 6.27. The van der Waals surface area contributed by atoms with E-state index in [2.05, 4.69) is 5.32 Å². The van der Waals surface area contributed by atoms with E-state index in [0.717, 1.165) is 12.1 Å². The summed E-state index contributed by atoms with van der Waals surface area (Å²) in [6.45, 7) is 2.15. The number of rotatable bonds is 2. The summed E-state index contributed by atoms with van der Waals surface area (Å²) in [6, 6.07) is 5.25. The highest BCUT2D eigenvalue weighted by Crippen LogP contribution is 2.36. The molecule has 0 spiro atoms. The van der Waals surface area contributed by atoms with Crippen molar-refractivity contribution >= 4 is 5.97 Å². The molecule has 0 aromatic heterocycles. The van der Waals surface area contributed by atoms with Crippen LogP contribution in [0.25, 0.3) is 0 Å². The normalized spacial score (nSPS) is 26.6. The zero-order valence-electron chi connectivity index (χ0n) is 11.3. The topological polar surface area (TPSA) is 38.3 Å². The minimum absolute atomic E-state index is 0.138. The summed E-state index contributed by atoms with van der Waals surface area (Å²) in [5.74, 6) is -0.534. The van der Waals surface area contributed by atoms with Crippen molar-refractivity contribution in [1.29, 1.82) is 0 Å². The summed E-state index contributed by atoms with van der Waals surface area (Å²) in [4.78, 5) is 11.7. The second-order valence-corrected chi connectivity index (χ2v) is 5.23. The molecule has 1 aliphatic heterocycles. The number of methoxy groups -OCH3 is 1. The highest BCUT2D eigenvalue weighted by molar-refractivity contribution is 5.80. The van der Waals surface area contributed by atoms with E-state index in [-0.39, 0.29) is 5.92 Å². The second kappa shape index (κ2) is 5.09. The summed E-state index contributed by atoms with van der Waals surface area (Å²) in [5.41, 5.74) is -0.921. The average molecular weight is 287 g/mol. The summed E-state index contributed by atoms with van der Waals surface area (Å²) in [6.07, 6.45) is -3.94. The first kappa shape index (κ1) is 14.8. The molecule has 2 unspecified atom stereocenters. The maximum Gasteiger partial charge on any atom is 0.416 e. The van der Waals surface area contributed by atoms with Crippen molar-refractivity contribution in [3.63, 3.8) is 0 Å².